The zero-order chi connectivity index (χ0) is 17.2. The first-order chi connectivity index (χ1) is 11.4. The van der Waals surface area contributed by atoms with Crippen LogP contribution in [-0.2, 0) is 0 Å². The third-order valence-electron chi connectivity index (χ3n) is 3.90. The second-order valence-electron chi connectivity index (χ2n) is 7.07. The lowest BCUT2D eigenvalue weighted by Crippen LogP contribution is -2.47. The van der Waals surface area contributed by atoms with Gasteiger partial charge >= 0.3 is 0 Å². The third-order valence-corrected chi connectivity index (χ3v) is 3.90. The van der Waals surface area contributed by atoms with Gasteiger partial charge in [0, 0.05) is 43.6 Å². The average Bonchev–Trinajstić information content (AvgIpc) is 2.54. The molecule has 0 aliphatic carbocycles. The van der Waals surface area contributed by atoms with Crippen molar-refractivity contribution in [2.75, 3.05) is 41.3 Å². The Morgan fingerprint density at radius 3 is 2.21 bits per heavy atom. The molecular formula is C18H24FN5. The molecular weight excluding hydrogens is 305 g/mol. The molecule has 0 spiro atoms. The van der Waals surface area contributed by atoms with E-state index in [0.717, 1.165) is 43.6 Å². The second kappa shape index (κ2) is 6.63. The number of halogens is 1. The third kappa shape index (κ3) is 4.13. The summed E-state index contributed by atoms with van der Waals surface area (Å²) < 4.78 is 13.0. The fourth-order valence-electron chi connectivity index (χ4n) is 2.77. The maximum Gasteiger partial charge on any atom is 0.227 e. The molecule has 0 bridgehead atoms. The lowest BCUT2D eigenvalue weighted by atomic mass is 10.1. The summed E-state index contributed by atoms with van der Waals surface area (Å²) in [4.78, 5) is 13.5. The highest BCUT2D eigenvalue weighted by Crippen LogP contribution is 2.20. The Morgan fingerprint density at radius 1 is 0.958 bits per heavy atom. The molecule has 128 valence electrons. The van der Waals surface area contributed by atoms with Crippen LogP contribution in [0.5, 0.6) is 0 Å². The maximum atomic E-state index is 13.0. The summed E-state index contributed by atoms with van der Waals surface area (Å²) >= 11 is 0. The molecule has 0 atom stereocenters. The maximum absolute atomic E-state index is 13.0. The van der Waals surface area contributed by atoms with Crippen LogP contribution in [0.4, 0.5) is 21.8 Å². The van der Waals surface area contributed by atoms with Crippen LogP contribution in [0.3, 0.4) is 0 Å². The van der Waals surface area contributed by atoms with Gasteiger partial charge in [-0.15, -0.1) is 0 Å². The number of hydrogen-bond acceptors (Lipinski definition) is 5. The van der Waals surface area contributed by atoms with Crippen LogP contribution in [-0.4, -0.2) is 41.7 Å². The number of piperazine rings is 1. The van der Waals surface area contributed by atoms with Gasteiger partial charge < -0.3 is 15.1 Å². The van der Waals surface area contributed by atoms with Crippen molar-refractivity contribution in [1.82, 2.24) is 9.97 Å². The number of hydrogen-bond donors (Lipinski definition) is 1. The number of benzene rings is 1. The predicted molar refractivity (Wildman–Crippen MR) is 96.2 cm³/mol. The minimum Gasteiger partial charge on any atom is -0.368 e. The van der Waals surface area contributed by atoms with E-state index in [0.29, 0.717) is 0 Å². The first-order valence-electron chi connectivity index (χ1n) is 8.27. The Kier molecular flexibility index (Phi) is 4.55. The van der Waals surface area contributed by atoms with Gasteiger partial charge in [0.25, 0.3) is 0 Å². The molecule has 0 radical (unpaired) electrons. The van der Waals surface area contributed by atoms with E-state index in [2.05, 4.69) is 45.9 Å². The SMILES string of the molecule is CC(C)(C)Nc1ccnc(N2CCN(c3ccc(F)cc3)CC2)n1. The van der Waals surface area contributed by atoms with Crippen LogP contribution in [0.1, 0.15) is 20.8 Å². The van der Waals surface area contributed by atoms with Gasteiger partial charge in [-0.1, -0.05) is 0 Å². The highest BCUT2D eigenvalue weighted by molar-refractivity contribution is 5.49. The minimum absolute atomic E-state index is 0.0348. The van der Waals surface area contributed by atoms with Gasteiger partial charge in [0.1, 0.15) is 11.6 Å². The molecule has 2 heterocycles. The summed E-state index contributed by atoms with van der Waals surface area (Å²) in [6.45, 7) is 9.74. The topological polar surface area (TPSA) is 44.3 Å². The quantitative estimate of drug-likeness (QED) is 0.937. The van der Waals surface area contributed by atoms with Crippen molar-refractivity contribution < 1.29 is 4.39 Å². The van der Waals surface area contributed by atoms with Crippen molar-refractivity contribution in [3.8, 4) is 0 Å². The fourth-order valence-corrected chi connectivity index (χ4v) is 2.77. The Labute approximate surface area is 142 Å². The van der Waals surface area contributed by atoms with Crippen molar-refractivity contribution in [2.24, 2.45) is 0 Å². The fraction of sp³-hybridized carbons (Fsp3) is 0.444. The van der Waals surface area contributed by atoms with Gasteiger partial charge in [-0.2, -0.15) is 4.98 Å². The second-order valence-corrected chi connectivity index (χ2v) is 7.07. The van der Waals surface area contributed by atoms with Crippen molar-refractivity contribution >= 4 is 17.5 Å². The number of rotatable bonds is 3. The largest absolute Gasteiger partial charge is 0.368 e. The molecule has 1 aromatic heterocycles. The lowest BCUT2D eigenvalue weighted by Gasteiger charge is -2.36. The average molecular weight is 329 g/mol. The molecule has 24 heavy (non-hydrogen) atoms. The molecule has 1 saturated heterocycles. The van der Waals surface area contributed by atoms with Crippen molar-refractivity contribution in [3.05, 3.63) is 42.3 Å². The smallest absolute Gasteiger partial charge is 0.227 e. The van der Waals surface area contributed by atoms with E-state index in [1.807, 2.05) is 18.2 Å². The Morgan fingerprint density at radius 2 is 1.58 bits per heavy atom. The Hall–Kier alpha value is -2.37. The number of nitrogens with one attached hydrogen (secondary N) is 1. The summed E-state index contributed by atoms with van der Waals surface area (Å²) in [6, 6.07) is 8.56. The Balaban J connectivity index is 1.64. The normalized spacial score (nSPS) is 15.5. The molecule has 0 saturated carbocycles. The van der Waals surface area contributed by atoms with Crippen molar-refractivity contribution in [3.63, 3.8) is 0 Å². The van der Waals surface area contributed by atoms with E-state index >= 15 is 0 Å². The minimum atomic E-state index is -0.200. The van der Waals surface area contributed by atoms with Gasteiger partial charge in [0.05, 0.1) is 0 Å². The summed E-state index contributed by atoms with van der Waals surface area (Å²) in [6.07, 6.45) is 1.79. The van der Waals surface area contributed by atoms with Gasteiger partial charge in [-0.05, 0) is 51.1 Å². The van der Waals surface area contributed by atoms with E-state index in [1.165, 1.54) is 12.1 Å². The summed E-state index contributed by atoms with van der Waals surface area (Å²) in [5.41, 5.74) is 1.02. The van der Waals surface area contributed by atoms with Gasteiger partial charge in [0.15, 0.2) is 0 Å². The molecule has 5 nitrogen and oxygen atoms in total. The number of aromatic nitrogens is 2. The highest BCUT2D eigenvalue weighted by Gasteiger charge is 2.20. The molecule has 6 heteroatoms. The molecule has 1 fully saturated rings. The first kappa shape index (κ1) is 16.5. The van der Waals surface area contributed by atoms with Crippen LogP contribution in [0.2, 0.25) is 0 Å². The van der Waals surface area contributed by atoms with Gasteiger partial charge in [-0.25, -0.2) is 9.37 Å². The van der Waals surface area contributed by atoms with Crippen LogP contribution in [0, 0.1) is 5.82 Å². The molecule has 1 aliphatic heterocycles. The van der Waals surface area contributed by atoms with Gasteiger partial charge in [0.2, 0.25) is 5.95 Å². The molecule has 3 rings (SSSR count). The molecule has 1 N–H and O–H groups in total. The van der Waals surface area contributed by atoms with Gasteiger partial charge in [-0.3, -0.25) is 0 Å². The summed E-state index contributed by atoms with van der Waals surface area (Å²) in [5, 5.41) is 3.38. The van der Waals surface area contributed by atoms with Crippen LogP contribution in [0.15, 0.2) is 36.5 Å². The number of nitrogens with zero attached hydrogens (tertiary/aromatic N) is 4. The summed E-state index contributed by atoms with van der Waals surface area (Å²) in [7, 11) is 0. The molecule has 0 amide bonds. The molecule has 0 unspecified atom stereocenters. The molecule has 1 aromatic carbocycles. The standard InChI is InChI=1S/C18H24FN5/c1-18(2,3)22-16-8-9-20-17(21-16)24-12-10-23(11-13-24)15-6-4-14(19)5-7-15/h4-9H,10-13H2,1-3H3,(H,20,21,22). The summed E-state index contributed by atoms with van der Waals surface area (Å²) in [5.74, 6) is 1.39. The van der Waals surface area contributed by atoms with Crippen molar-refractivity contribution in [2.45, 2.75) is 26.3 Å². The van der Waals surface area contributed by atoms with Crippen LogP contribution < -0.4 is 15.1 Å². The van der Waals surface area contributed by atoms with Crippen LogP contribution in [0.25, 0.3) is 0 Å². The Bertz CT molecular complexity index is 673. The van der Waals surface area contributed by atoms with E-state index < -0.39 is 0 Å². The zero-order valence-corrected chi connectivity index (χ0v) is 14.5. The van der Waals surface area contributed by atoms with E-state index in [-0.39, 0.29) is 11.4 Å². The molecule has 1 aliphatic rings. The van der Waals surface area contributed by atoms with E-state index in [4.69, 9.17) is 0 Å². The first-order valence-corrected chi connectivity index (χ1v) is 8.27. The van der Waals surface area contributed by atoms with Crippen LogP contribution >= 0.6 is 0 Å². The van der Waals surface area contributed by atoms with E-state index in [9.17, 15) is 4.39 Å². The predicted octanol–water partition coefficient (Wildman–Crippen LogP) is 3.15. The van der Waals surface area contributed by atoms with E-state index in [1.54, 1.807) is 6.20 Å². The lowest BCUT2D eigenvalue weighted by molar-refractivity contribution is 0.620. The van der Waals surface area contributed by atoms with Crippen molar-refractivity contribution in [1.29, 1.82) is 0 Å². The highest BCUT2D eigenvalue weighted by atomic mass is 19.1. The number of anilines is 3. The zero-order valence-electron chi connectivity index (χ0n) is 14.5. The molecule has 2 aromatic rings. The monoisotopic (exact) mass is 329 g/mol.